The molecule has 5 rings (SSSR count). The van der Waals surface area contributed by atoms with Crippen LogP contribution in [-0.4, -0.2) is 16.8 Å². The third kappa shape index (κ3) is 4.43. The first-order chi connectivity index (χ1) is 15.3. The highest BCUT2D eigenvalue weighted by atomic mass is 35.7. The van der Waals surface area contributed by atoms with Gasteiger partial charge in [0.1, 0.15) is 11.6 Å². The first-order valence-electron chi connectivity index (χ1n) is 9.53. The summed E-state index contributed by atoms with van der Waals surface area (Å²) in [7, 11) is -3.01. The zero-order valence-corrected chi connectivity index (χ0v) is 17.7. The Balaban J connectivity index is 0.000000444. The van der Waals surface area contributed by atoms with E-state index in [4.69, 9.17) is 34.1 Å². The van der Waals surface area contributed by atoms with Crippen LogP contribution in [0.4, 0.5) is 5.82 Å². The highest BCUT2D eigenvalue weighted by Crippen LogP contribution is 2.39. The van der Waals surface area contributed by atoms with Crippen molar-refractivity contribution in [3.63, 3.8) is 0 Å². The summed E-state index contributed by atoms with van der Waals surface area (Å²) in [5, 5.41) is 5.50. The second-order valence-electron chi connectivity index (χ2n) is 7.04. The van der Waals surface area contributed by atoms with E-state index in [0.29, 0.717) is 5.82 Å². The Morgan fingerprint density at radius 3 is 2.03 bits per heavy atom. The van der Waals surface area contributed by atoms with Gasteiger partial charge in [0, 0.05) is 16.2 Å². The van der Waals surface area contributed by atoms with E-state index in [2.05, 4.69) is 42.5 Å². The Morgan fingerprint density at radius 2 is 1.41 bits per heavy atom. The first-order valence-corrected chi connectivity index (χ1v) is 10.8. The lowest BCUT2D eigenvalue weighted by molar-refractivity contribution is -1.92. The highest BCUT2D eigenvalue weighted by molar-refractivity contribution is 6.22. The minimum atomic E-state index is -4.69. The van der Waals surface area contributed by atoms with Crippen LogP contribution in [0.25, 0.3) is 43.6 Å². The smallest absolute Gasteiger partial charge is 0.132 e. The van der Waals surface area contributed by atoms with Crippen LogP contribution in [0, 0.1) is 10.2 Å². The summed E-state index contributed by atoms with van der Waals surface area (Å²) in [5.74, 6) is 1.41. The number of anilines is 1. The fourth-order valence-electron chi connectivity index (χ4n) is 3.82. The number of nitrogens with two attached hydrogens (primary N) is 1. The monoisotopic (exact) mass is 450 g/mol. The maximum Gasteiger partial charge on any atom is 0.132 e. The molecule has 0 fully saturated rings. The summed E-state index contributed by atoms with van der Waals surface area (Å²) >= 11 is 0. The third-order valence-electron chi connectivity index (χ3n) is 5.13. The average molecular weight is 451 g/mol. The third-order valence-corrected chi connectivity index (χ3v) is 5.13. The molecule has 0 bridgehead atoms. The number of methoxy groups -OCH3 is 1. The summed E-state index contributed by atoms with van der Waals surface area (Å²) in [6, 6.07) is 26.9. The van der Waals surface area contributed by atoms with Gasteiger partial charge in [-0.05, 0) is 40.1 Å². The molecule has 0 saturated heterocycles. The largest absolute Gasteiger partial charge is 0.497 e. The van der Waals surface area contributed by atoms with Crippen molar-refractivity contribution in [2.45, 2.75) is 0 Å². The fraction of sp³-hybridized carbons (Fsp3) is 0.0417. The van der Waals surface area contributed by atoms with Crippen LogP contribution >= 0.6 is 0 Å². The zero-order valence-electron chi connectivity index (χ0n) is 17.0. The molecule has 162 valence electrons. The van der Waals surface area contributed by atoms with Crippen LogP contribution in [0.1, 0.15) is 0 Å². The molecule has 0 saturated carbocycles. The SMILES string of the molecule is COc1ccc(-c2cc3ccccc3c3nc(N)c4ccccc4c23)cc1.[O-][Cl+3]([O-])([O-])O. The first kappa shape index (κ1) is 21.8. The van der Waals surface area contributed by atoms with E-state index < -0.39 is 10.2 Å². The summed E-state index contributed by atoms with van der Waals surface area (Å²) in [4.78, 5) is 4.80. The van der Waals surface area contributed by atoms with Crippen LogP contribution in [0.5, 0.6) is 5.75 Å². The van der Waals surface area contributed by atoms with E-state index in [0.717, 1.165) is 49.3 Å². The van der Waals surface area contributed by atoms with Gasteiger partial charge in [0.05, 0.1) is 27.5 Å². The second kappa shape index (κ2) is 8.58. The Bertz CT molecular complexity index is 1410. The number of rotatable bonds is 2. The molecule has 0 aliphatic heterocycles. The molecule has 0 aliphatic rings. The molecule has 8 heteroatoms. The summed E-state index contributed by atoms with van der Waals surface area (Å²) in [6.07, 6.45) is 0. The van der Waals surface area contributed by atoms with Gasteiger partial charge in [0.25, 0.3) is 0 Å². The van der Waals surface area contributed by atoms with Crippen molar-refractivity contribution in [1.82, 2.24) is 4.98 Å². The van der Waals surface area contributed by atoms with Crippen LogP contribution in [0.15, 0.2) is 78.9 Å². The Morgan fingerprint density at radius 1 is 0.844 bits per heavy atom. The topological polar surface area (TPSA) is 138 Å². The molecule has 0 unspecified atom stereocenters. The predicted molar refractivity (Wildman–Crippen MR) is 115 cm³/mol. The molecule has 0 radical (unpaired) electrons. The van der Waals surface area contributed by atoms with E-state index in [9.17, 15) is 0 Å². The van der Waals surface area contributed by atoms with Gasteiger partial charge in [-0.1, -0.05) is 60.7 Å². The Labute approximate surface area is 185 Å². The van der Waals surface area contributed by atoms with Crippen molar-refractivity contribution in [2.75, 3.05) is 12.8 Å². The van der Waals surface area contributed by atoms with Gasteiger partial charge >= 0.3 is 0 Å². The fourth-order valence-corrected chi connectivity index (χ4v) is 3.82. The van der Waals surface area contributed by atoms with Crippen molar-refractivity contribution in [3.05, 3.63) is 78.9 Å². The summed E-state index contributed by atoms with van der Waals surface area (Å²) < 4.78 is 38.0. The van der Waals surface area contributed by atoms with Gasteiger partial charge in [-0.25, -0.2) is 4.98 Å². The molecular weight excluding hydrogens is 432 g/mol. The molecule has 1 heterocycles. The van der Waals surface area contributed by atoms with Gasteiger partial charge < -0.3 is 10.5 Å². The average Bonchev–Trinajstić information content (AvgIpc) is 2.78. The molecule has 0 spiro atoms. The highest BCUT2D eigenvalue weighted by Gasteiger charge is 2.14. The minimum Gasteiger partial charge on any atom is -0.497 e. The molecule has 3 N–H and O–H groups in total. The number of pyridine rings is 1. The number of halogens is 1. The lowest BCUT2D eigenvalue weighted by Crippen LogP contribution is -2.58. The molecule has 32 heavy (non-hydrogen) atoms. The van der Waals surface area contributed by atoms with Crippen molar-refractivity contribution < 1.29 is 33.6 Å². The van der Waals surface area contributed by atoms with Crippen molar-refractivity contribution >= 4 is 38.3 Å². The van der Waals surface area contributed by atoms with Crippen LogP contribution < -0.4 is 24.4 Å². The van der Waals surface area contributed by atoms with E-state index in [1.165, 1.54) is 0 Å². The Kier molecular flexibility index (Phi) is 5.84. The minimum absolute atomic E-state index is 0.565. The zero-order chi connectivity index (χ0) is 22.9. The quantitative estimate of drug-likeness (QED) is 0.390. The lowest BCUT2D eigenvalue weighted by Gasteiger charge is -2.14. The maximum atomic E-state index is 8.60. The maximum absolute atomic E-state index is 8.60. The summed E-state index contributed by atoms with van der Waals surface area (Å²) in [6.45, 7) is 0. The standard InChI is InChI=1S/C24H18N2O.ClHO4/c1-27-17-12-10-15(11-13-17)21-14-16-6-2-3-7-18(16)23-22(21)19-8-4-5-9-20(19)24(25)26-23;2-1(3,4)5/h2-14H,1H3,(H2,25,26);(H,2,3,4,5). The lowest BCUT2D eigenvalue weighted by atomic mass is 9.92. The van der Waals surface area contributed by atoms with Gasteiger partial charge in [-0.15, -0.1) is 0 Å². The van der Waals surface area contributed by atoms with Crippen LogP contribution in [0.3, 0.4) is 0 Å². The van der Waals surface area contributed by atoms with E-state index in [-0.39, 0.29) is 0 Å². The van der Waals surface area contributed by atoms with Gasteiger partial charge in [-0.3, -0.25) is 0 Å². The Hall–Kier alpha value is -3.46. The second-order valence-corrected chi connectivity index (χ2v) is 7.83. The predicted octanol–water partition coefficient (Wildman–Crippen LogP) is 1.68. The number of nitrogen functional groups attached to an aromatic ring is 1. The van der Waals surface area contributed by atoms with Gasteiger partial charge in [-0.2, -0.15) is 14.0 Å². The molecule has 0 aliphatic carbocycles. The molecule has 7 nitrogen and oxygen atoms in total. The number of benzene rings is 4. The van der Waals surface area contributed by atoms with Crippen LogP contribution in [-0.2, 0) is 0 Å². The normalized spacial score (nSPS) is 11.4. The van der Waals surface area contributed by atoms with E-state index in [1.807, 2.05) is 36.4 Å². The van der Waals surface area contributed by atoms with Gasteiger partial charge in [0.2, 0.25) is 0 Å². The number of hydrogen-bond donors (Lipinski definition) is 2. The number of hydrogen-bond acceptors (Lipinski definition) is 7. The van der Waals surface area contributed by atoms with Crippen molar-refractivity contribution in [3.8, 4) is 16.9 Å². The number of ether oxygens (including phenoxy) is 1. The summed E-state index contributed by atoms with van der Waals surface area (Å²) in [5.41, 5.74) is 9.53. The van der Waals surface area contributed by atoms with Crippen LogP contribution in [0.2, 0.25) is 0 Å². The molecule has 0 atom stereocenters. The molecular formula is C24H19ClN2O5. The van der Waals surface area contributed by atoms with E-state index in [1.54, 1.807) is 7.11 Å². The number of nitrogens with zero attached hydrogens (tertiary/aromatic N) is 1. The number of fused-ring (bicyclic) bond motifs is 5. The van der Waals surface area contributed by atoms with Crippen molar-refractivity contribution in [1.29, 1.82) is 0 Å². The van der Waals surface area contributed by atoms with Gasteiger partial charge in [0.15, 0.2) is 0 Å². The van der Waals surface area contributed by atoms with E-state index >= 15 is 0 Å². The van der Waals surface area contributed by atoms with Crippen molar-refractivity contribution in [2.24, 2.45) is 0 Å². The molecule has 5 aromatic rings. The number of aromatic nitrogens is 1. The molecule has 0 amide bonds. The molecule has 4 aromatic carbocycles. The molecule has 1 aromatic heterocycles.